The molecule has 76 valence electrons. The standard InChI is InChI=1S/C10H18O3/c1-3-8(2)10(11)13-7-9-5-4-6-12-9/h8-9H,3-7H2,1-2H3. The fraction of sp³-hybridized carbons (Fsp3) is 0.900. The maximum absolute atomic E-state index is 11.3. The van der Waals surface area contributed by atoms with Crippen LogP contribution in [0.1, 0.15) is 33.1 Å². The number of esters is 1. The van der Waals surface area contributed by atoms with Crippen LogP contribution in [0.15, 0.2) is 0 Å². The number of rotatable bonds is 4. The Morgan fingerprint density at radius 2 is 2.46 bits per heavy atom. The van der Waals surface area contributed by atoms with Crippen LogP contribution in [0, 0.1) is 5.92 Å². The van der Waals surface area contributed by atoms with Crippen molar-refractivity contribution in [2.24, 2.45) is 5.92 Å². The Hall–Kier alpha value is -0.570. The summed E-state index contributed by atoms with van der Waals surface area (Å²) in [5, 5.41) is 0. The summed E-state index contributed by atoms with van der Waals surface area (Å²) in [7, 11) is 0. The Morgan fingerprint density at radius 1 is 1.69 bits per heavy atom. The van der Waals surface area contributed by atoms with E-state index in [1.165, 1.54) is 0 Å². The molecule has 0 aliphatic carbocycles. The lowest BCUT2D eigenvalue weighted by Crippen LogP contribution is -2.21. The predicted octanol–water partition coefficient (Wildman–Crippen LogP) is 1.75. The number of carbonyl (C=O) groups is 1. The average Bonchev–Trinajstić information content (AvgIpc) is 2.65. The van der Waals surface area contributed by atoms with Crippen LogP contribution in [0.4, 0.5) is 0 Å². The van der Waals surface area contributed by atoms with Gasteiger partial charge in [0.1, 0.15) is 6.61 Å². The molecule has 0 N–H and O–H groups in total. The van der Waals surface area contributed by atoms with Crippen molar-refractivity contribution in [2.75, 3.05) is 13.2 Å². The fourth-order valence-electron chi connectivity index (χ4n) is 1.26. The van der Waals surface area contributed by atoms with Crippen LogP contribution in [0.3, 0.4) is 0 Å². The molecule has 0 saturated carbocycles. The average molecular weight is 186 g/mol. The molecule has 0 aromatic heterocycles. The lowest BCUT2D eigenvalue weighted by atomic mass is 10.1. The Bertz CT molecular complexity index is 162. The highest BCUT2D eigenvalue weighted by Crippen LogP contribution is 2.13. The van der Waals surface area contributed by atoms with Gasteiger partial charge in [0.15, 0.2) is 0 Å². The number of hydrogen-bond donors (Lipinski definition) is 0. The Morgan fingerprint density at radius 3 is 3.00 bits per heavy atom. The second kappa shape index (κ2) is 5.22. The first-order valence-electron chi connectivity index (χ1n) is 5.02. The largest absolute Gasteiger partial charge is 0.463 e. The van der Waals surface area contributed by atoms with Gasteiger partial charge in [-0.3, -0.25) is 4.79 Å². The molecule has 1 heterocycles. The summed E-state index contributed by atoms with van der Waals surface area (Å²) >= 11 is 0. The van der Waals surface area contributed by atoms with E-state index in [1.54, 1.807) is 0 Å². The lowest BCUT2D eigenvalue weighted by molar-refractivity contribution is -0.151. The van der Waals surface area contributed by atoms with Crippen LogP contribution < -0.4 is 0 Å². The fourth-order valence-corrected chi connectivity index (χ4v) is 1.26. The van der Waals surface area contributed by atoms with Gasteiger partial charge in [-0.2, -0.15) is 0 Å². The van der Waals surface area contributed by atoms with Crippen LogP contribution in [0.5, 0.6) is 0 Å². The summed E-state index contributed by atoms with van der Waals surface area (Å²) in [5.74, 6) is -0.0839. The molecule has 0 aromatic carbocycles. The second-order valence-electron chi connectivity index (χ2n) is 3.57. The van der Waals surface area contributed by atoms with Crippen LogP contribution in [-0.4, -0.2) is 25.3 Å². The molecule has 3 nitrogen and oxygen atoms in total. The molecule has 3 heteroatoms. The number of ether oxygens (including phenoxy) is 2. The highest BCUT2D eigenvalue weighted by molar-refractivity contribution is 5.71. The van der Waals surface area contributed by atoms with Crippen LogP contribution in [-0.2, 0) is 14.3 Å². The molecule has 0 bridgehead atoms. The molecule has 1 fully saturated rings. The van der Waals surface area contributed by atoms with E-state index in [9.17, 15) is 4.79 Å². The van der Waals surface area contributed by atoms with E-state index in [1.807, 2.05) is 13.8 Å². The third-order valence-corrected chi connectivity index (χ3v) is 2.45. The highest BCUT2D eigenvalue weighted by atomic mass is 16.6. The molecule has 1 aliphatic rings. The monoisotopic (exact) mass is 186 g/mol. The summed E-state index contributed by atoms with van der Waals surface area (Å²) in [6.45, 7) is 5.12. The van der Waals surface area contributed by atoms with Crippen LogP contribution in [0.25, 0.3) is 0 Å². The molecule has 0 amide bonds. The molecule has 0 radical (unpaired) electrons. The Balaban J connectivity index is 2.13. The molecule has 1 aliphatic heterocycles. The Labute approximate surface area is 79.4 Å². The van der Waals surface area contributed by atoms with Gasteiger partial charge in [-0.15, -0.1) is 0 Å². The van der Waals surface area contributed by atoms with Gasteiger partial charge in [0.25, 0.3) is 0 Å². The molecule has 1 saturated heterocycles. The van der Waals surface area contributed by atoms with Crippen molar-refractivity contribution >= 4 is 5.97 Å². The van der Waals surface area contributed by atoms with E-state index in [0.29, 0.717) is 6.61 Å². The first-order chi connectivity index (χ1) is 6.24. The molecular weight excluding hydrogens is 168 g/mol. The third kappa shape index (κ3) is 3.35. The topological polar surface area (TPSA) is 35.5 Å². The van der Waals surface area contributed by atoms with E-state index >= 15 is 0 Å². The lowest BCUT2D eigenvalue weighted by Gasteiger charge is -2.12. The SMILES string of the molecule is CCC(C)C(=O)OCC1CCCO1. The highest BCUT2D eigenvalue weighted by Gasteiger charge is 2.19. The molecular formula is C10H18O3. The van der Waals surface area contributed by atoms with Crippen molar-refractivity contribution in [3.05, 3.63) is 0 Å². The molecule has 0 spiro atoms. The minimum absolute atomic E-state index is 0.0152. The third-order valence-electron chi connectivity index (χ3n) is 2.45. The van der Waals surface area contributed by atoms with Gasteiger partial charge in [-0.05, 0) is 19.3 Å². The smallest absolute Gasteiger partial charge is 0.308 e. The van der Waals surface area contributed by atoms with Crippen molar-refractivity contribution in [3.63, 3.8) is 0 Å². The van der Waals surface area contributed by atoms with Gasteiger partial charge in [0.2, 0.25) is 0 Å². The summed E-state index contributed by atoms with van der Waals surface area (Å²) < 4.78 is 10.5. The van der Waals surface area contributed by atoms with Crippen molar-refractivity contribution in [1.82, 2.24) is 0 Å². The maximum Gasteiger partial charge on any atom is 0.308 e. The Kier molecular flexibility index (Phi) is 4.22. The predicted molar refractivity (Wildman–Crippen MR) is 49.4 cm³/mol. The second-order valence-corrected chi connectivity index (χ2v) is 3.57. The molecule has 2 unspecified atom stereocenters. The van der Waals surface area contributed by atoms with Gasteiger partial charge >= 0.3 is 5.97 Å². The number of carbonyl (C=O) groups excluding carboxylic acids is 1. The summed E-state index contributed by atoms with van der Waals surface area (Å²) in [6, 6.07) is 0. The minimum Gasteiger partial charge on any atom is -0.463 e. The normalized spacial score (nSPS) is 24.3. The molecule has 0 aromatic rings. The molecule has 1 rings (SSSR count). The zero-order valence-electron chi connectivity index (χ0n) is 8.41. The molecule has 13 heavy (non-hydrogen) atoms. The quantitative estimate of drug-likeness (QED) is 0.627. The van der Waals surface area contributed by atoms with Crippen molar-refractivity contribution in [2.45, 2.75) is 39.2 Å². The van der Waals surface area contributed by atoms with E-state index < -0.39 is 0 Å². The minimum atomic E-state index is -0.0991. The van der Waals surface area contributed by atoms with Crippen molar-refractivity contribution in [3.8, 4) is 0 Å². The molecule has 2 atom stereocenters. The van der Waals surface area contributed by atoms with Gasteiger partial charge in [-0.1, -0.05) is 13.8 Å². The first-order valence-corrected chi connectivity index (χ1v) is 5.02. The van der Waals surface area contributed by atoms with Crippen LogP contribution in [0.2, 0.25) is 0 Å². The van der Waals surface area contributed by atoms with Crippen molar-refractivity contribution < 1.29 is 14.3 Å². The van der Waals surface area contributed by atoms with E-state index in [4.69, 9.17) is 9.47 Å². The maximum atomic E-state index is 11.3. The summed E-state index contributed by atoms with van der Waals surface area (Å²) in [4.78, 5) is 11.3. The van der Waals surface area contributed by atoms with Gasteiger partial charge in [0.05, 0.1) is 12.0 Å². The van der Waals surface area contributed by atoms with E-state index in [2.05, 4.69) is 0 Å². The van der Waals surface area contributed by atoms with Crippen molar-refractivity contribution in [1.29, 1.82) is 0 Å². The van der Waals surface area contributed by atoms with Crippen LogP contribution >= 0.6 is 0 Å². The van der Waals surface area contributed by atoms with E-state index in [-0.39, 0.29) is 18.0 Å². The zero-order valence-corrected chi connectivity index (χ0v) is 8.41. The van der Waals surface area contributed by atoms with Gasteiger partial charge in [0, 0.05) is 6.61 Å². The van der Waals surface area contributed by atoms with Gasteiger partial charge < -0.3 is 9.47 Å². The number of hydrogen-bond acceptors (Lipinski definition) is 3. The summed E-state index contributed by atoms with van der Waals surface area (Å²) in [5.41, 5.74) is 0. The summed E-state index contributed by atoms with van der Waals surface area (Å²) in [6.07, 6.45) is 3.09. The first kappa shape index (κ1) is 10.5. The van der Waals surface area contributed by atoms with E-state index in [0.717, 1.165) is 25.9 Å². The zero-order chi connectivity index (χ0) is 9.68. The van der Waals surface area contributed by atoms with Gasteiger partial charge in [-0.25, -0.2) is 0 Å².